The van der Waals surface area contributed by atoms with Crippen molar-refractivity contribution in [3.05, 3.63) is 29.5 Å². The fourth-order valence-corrected chi connectivity index (χ4v) is 4.66. The number of hydrogen-bond acceptors (Lipinski definition) is 6. The second kappa shape index (κ2) is 5.35. The van der Waals surface area contributed by atoms with Crippen molar-refractivity contribution >= 4 is 17.2 Å². The topological polar surface area (TPSA) is 62.2 Å². The zero-order valence-corrected chi connectivity index (χ0v) is 14.1. The van der Waals surface area contributed by atoms with Crippen molar-refractivity contribution in [1.29, 1.82) is 0 Å². The van der Waals surface area contributed by atoms with Crippen LogP contribution >= 0.6 is 11.3 Å². The Bertz CT molecular complexity index is 733. The zero-order valence-electron chi connectivity index (χ0n) is 13.3. The van der Waals surface area contributed by atoms with Crippen molar-refractivity contribution in [2.45, 2.75) is 6.92 Å². The van der Waals surface area contributed by atoms with Crippen molar-refractivity contribution in [2.24, 2.45) is 11.3 Å². The van der Waals surface area contributed by atoms with Crippen molar-refractivity contribution in [3.8, 4) is 10.8 Å². The highest BCUT2D eigenvalue weighted by Gasteiger charge is 2.49. The predicted octanol–water partition coefficient (Wildman–Crippen LogP) is 1.62. The lowest BCUT2D eigenvalue weighted by molar-refractivity contribution is 0.0770. The minimum absolute atomic E-state index is 0.0861. The van der Waals surface area contributed by atoms with Gasteiger partial charge in [0.1, 0.15) is 4.88 Å². The molecule has 4 rings (SSSR count). The van der Waals surface area contributed by atoms with Gasteiger partial charge < -0.3 is 9.80 Å². The second-order valence-electron chi connectivity index (χ2n) is 6.84. The Morgan fingerprint density at radius 2 is 2.04 bits per heavy atom. The van der Waals surface area contributed by atoms with Crippen molar-refractivity contribution in [2.75, 3.05) is 33.2 Å². The molecule has 0 aromatic carbocycles. The summed E-state index contributed by atoms with van der Waals surface area (Å²) >= 11 is 1.37. The fraction of sp³-hybridized carbons (Fsp3) is 0.500. The third kappa shape index (κ3) is 2.53. The molecular formula is C16H19N5OS. The van der Waals surface area contributed by atoms with Crippen LogP contribution in [-0.4, -0.2) is 63.9 Å². The first-order valence-corrected chi connectivity index (χ1v) is 8.58. The van der Waals surface area contributed by atoms with E-state index in [1.54, 1.807) is 24.7 Å². The van der Waals surface area contributed by atoms with E-state index in [9.17, 15) is 4.79 Å². The number of thiazole rings is 1. The predicted molar refractivity (Wildman–Crippen MR) is 88.1 cm³/mol. The molecule has 4 heterocycles. The molecule has 2 aromatic rings. The molecule has 0 unspecified atom stereocenters. The van der Waals surface area contributed by atoms with Crippen LogP contribution in [0.5, 0.6) is 0 Å². The minimum atomic E-state index is 0.0861. The molecule has 2 aliphatic rings. The first kappa shape index (κ1) is 14.7. The van der Waals surface area contributed by atoms with E-state index >= 15 is 0 Å². The molecule has 2 atom stereocenters. The lowest BCUT2D eigenvalue weighted by atomic mass is 9.83. The van der Waals surface area contributed by atoms with Gasteiger partial charge in [-0.05, 0) is 19.0 Å². The van der Waals surface area contributed by atoms with Gasteiger partial charge in [-0.2, -0.15) is 0 Å². The monoisotopic (exact) mass is 329 g/mol. The Morgan fingerprint density at radius 3 is 2.78 bits per heavy atom. The fourth-order valence-electron chi connectivity index (χ4n) is 3.83. The molecule has 0 bridgehead atoms. The van der Waals surface area contributed by atoms with E-state index in [1.165, 1.54) is 11.3 Å². The molecule has 2 fully saturated rings. The SMILES string of the molecule is CN1C[C@@H]2CN(C(=O)c3cnc(-c4ncccn4)s3)C[C@]2(C)C1. The first-order chi connectivity index (χ1) is 11.0. The standard InChI is InChI=1S/C16H19N5OS/c1-16-9-20(2)7-11(16)8-21(10-16)15(22)12-6-19-14(23-12)13-17-4-3-5-18-13/h3-6,11H,7-10H2,1-2H3/t11-,16+/m1/s1. The molecule has 0 radical (unpaired) electrons. The molecule has 0 saturated carbocycles. The quantitative estimate of drug-likeness (QED) is 0.838. The van der Waals surface area contributed by atoms with E-state index in [0.29, 0.717) is 21.6 Å². The van der Waals surface area contributed by atoms with Gasteiger partial charge in [0.25, 0.3) is 5.91 Å². The maximum atomic E-state index is 12.8. The number of likely N-dealkylation sites (tertiary alicyclic amines) is 2. The van der Waals surface area contributed by atoms with Gasteiger partial charge in [0.15, 0.2) is 10.8 Å². The van der Waals surface area contributed by atoms with E-state index in [4.69, 9.17) is 0 Å². The highest BCUT2D eigenvalue weighted by Crippen LogP contribution is 2.42. The van der Waals surface area contributed by atoms with Crippen LogP contribution in [0.25, 0.3) is 10.8 Å². The molecule has 1 amide bonds. The van der Waals surface area contributed by atoms with Crippen LogP contribution in [0.3, 0.4) is 0 Å². The van der Waals surface area contributed by atoms with E-state index in [1.807, 2.05) is 4.90 Å². The van der Waals surface area contributed by atoms with E-state index in [0.717, 1.165) is 26.2 Å². The van der Waals surface area contributed by atoms with Crippen LogP contribution in [-0.2, 0) is 0 Å². The number of rotatable bonds is 2. The third-order valence-corrected chi connectivity index (χ3v) is 5.88. The molecule has 2 aromatic heterocycles. The normalized spacial score (nSPS) is 27.4. The minimum Gasteiger partial charge on any atom is -0.337 e. The average molecular weight is 329 g/mol. The molecule has 23 heavy (non-hydrogen) atoms. The molecule has 0 N–H and O–H groups in total. The van der Waals surface area contributed by atoms with Gasteiger partial charge >= 0.3 is 0 Å². The summed E-state index contributed by atoms with van der Waals surface area (Å²) in [5.41, 5.74) is 0.223. The summed E-state index contributed by atoms with van der Waals surface area (Å²) < 4.78 is 0. The van der Waals surface area contributed by atoms with E-state index < -0.39 is 0 Å². The van der Waals surface area contributed by atoms with Crippen molar-refractivity contribution in [3.63, 3.8) is 0 Å². The number of carbonyl (C=O) groups is 1. The Balaban J connectivity index is 1.52. The van der Waals surface area contributed by atoms with E-state index in [2.05, 4.69) is 33.8 Å². The van der Waals surface area contributed by atoms with Gasteiger partial charge in [-0.3, -0.25) is 4.79 Å². The van der Waals surface area contributed by atoms with Gasteiger partial charge in [-0.25, -0.2) is 15.0 Å². The molecular weight excluding hydrogens is 310 g/mol. The second-order valence-corrected chi connectivity index (χ2v) is 7.87. The highest BCUT2D eigenvalue weighted by molar-refractivity contribution is 7.16. The Morgan fingerprint density at radius 1 is 1.26 bits per heavy atom. The summed E-state index contributed by atoms with van der Waals surface area (Å²) in [6.07, 6.45) is 5.02. The Labute approximate surface area is 139 Å². The molecule has 2 aliphatic heterocycles. The third-order valence-electron chi connectivity index (χ3n) is 4.90. The number of fused-ring (bicyclic) bond motifs is 1. The van der Waals surface area contributed by atoms with Crippen LogP contribution in [0, 0.1) is 11.3 Å². The van der Waals surface area contributed by atoms with Crippen LogP contribution in [0.2, 0.25) is 0 Å². The zero-order chi connectivity index (χ0) is 16.0. The van der Waals surface area contributed by atoms with Gasteiger partial charge in [-0.15, -0.1) is 11.3 Å². The van der Waals surface area contributed by atoms with Gasteiger partial charge in [0.2, 0.25) is 0 Å². The van der Waals surface area contributed by atoms with Crippen LogP contribution in [0.15, 0.2) is 24.7 Å². The molecule has 2 saturated heterocycles. The lowest BCUT2D eigenvalue weighted by Gasteiger charge is -2.23. The summed E-state index contributed by atoms with van der Waals surface area (Å²) in [5.74, 6) is 1.23. The van der Waals surface area contributed by atoms with Crippen molar-refractivity contribution < 1.29 is 4.79 Å². The maximum Gasteiger partial charge on any atom is 0.265 e. The van der Waals surface area contributed by atoms with Crippen LogP contribution < -0.4 is 0 Å². The number of carbonyl (C=O) groups excluding carboxylic acids is 1. The largest absolute Gasteiger partial charge is 0.337 e. The lowest BCUT2D eigenvalue weighted by Crippen LogP contribution is -2.34. The number of hydrogen-bond donors (Lipinski definition) is 0. The maximum absolute atomic E-state index is 12.8. The van der Waals surface area contributed by atoms with Gasteiger partial charge in [0.05, 0.1) is 6.20 Å². The van der Waals surface area contributed by atoms with Crippen LogP contribution in [0.1, 0.15) is 16.6 Å². The average Bonchev–Trinajstić information content (AvgIpc) is 3.19. The van der Waals surface area contributed by atoms with Gasteiger partial charge in [0, 0.05) is 44.0 Å². The van der Waals surface area contributed by atoms with Crippen LogP contribution in [0.4, 0.5) is 0 Å². The Kier molecular flexibility index (Phi) is 3.42. The highest BCUT2D eigenvalue weighted by atomic mass is 32.1. The molecule has 0 spiro atoms. The summed E-state index contributed by atoms with van der Waals surface area (Å²) in [4.78, 5) is 30.5. The molecule has 6 nitrogen and oxygen atoms in total. The summed E-state index contributed by atoms with van der Waals surface area (Å²) in [7, 11) is 2.16. The molecule has 0 aliphatic carbocycles. The van der Waals surface area contributed by atoms with Crippen molar-refractivity contribution in [1.82, 2.24) is 24.8 Å². The molecule has 120 valence electrons. The molecule has 7 heteroatoms. The number of nitrogens with zero attached hydrogens (tertiary/aromatic N) is 5. The summed E-state index contributed by atoms with van der Waals surface area (Å²) in [6.45, 7) is 6.11. The summed E-state index contributed by atoms with van der Waals surface area (Å²) in [6, 6.07) is 1.77. The smallest absolute Gasteiger partial charge is 0.265 e. The number of amides is 1. The first-order valence-electron chi connectivity index (χ1n) is 7.76. The summed E-state index contributed by atoms with van der Waals surface area (Å²) in [5, 5.41) is 0.694. The Hall–Kier alpha value is -1.86. The number of aromatic nitrogens is 3. The van der Waals surface area contributed by atoms with E-state index in [-0.39, 0.29) is 11.3 Å². The van der Waals surface area contributed by atoms with Gasteiger partial charge in [-0.1, -0.05) is 6.92 Å².